The summed E-state index contributed by atoms with van der Waals surface area (Å²) in [6, 6.07) is 1.74. The highest BCUT2D eigenvalue weighted by Crippen LogP contribution is 2.24. The lowest BCUT2D eigenvalue weighted by Gasteiger charge is -2.40. The number of hydrogen-bond acceptors (Lipinski definition) is 8. The number of rotatable bonds is 9. The van der Waals surface area contributed by atoms with Crippen molar-refractivity contribution in [3.63, 3.8) is 0 Å². The Morgan fingerprint density at radius 1 is 1.18 bits per heavy atom. The maximum Gasteiger partial charge on any atom is 0.317 e. The van der Waals surface area contributed by atoms with Gasteiger partial charge in [0.2, 0.25) is 5.91 Å². The maximum absolute atomic E-state index is 12.3. The molecule has 2 aliphatic heterocycles. The average Bonchev–Trinajstić information content (AvgIpc) is 2.81. The van der Waals surface area contributed by atoms with Gasteiger partial charge in [-0.25, -0.2) is 14.8 Å². The van der Waals surface area contributed by atoms with E-state index < -0.39 is 0 Å². The highest BCUT2D eigenvalue weighted by Gasteiger charge is 2.28. The van der Waals surface area contributed by atoms with Crippen molar-refractivity contribution in [3.05, 3.63) is 11.2 Å². The fraction of sp³-hybridized carbons (Fsp3) is 0.714. The molecule has 1 aromatic heterocycles. The molecular weight excluding hydrogens is 466 g/mol. The van der Waals surface area contributed by atoms with Crippen LogP contribution in [0.15, 0.2) is 11.2 Å². The Hall–Kier alpha value is -1.82. The van der Waals surface area contributed by atoms with Crippen molar-refractivity contribution in [2.24, 2.45) is 0 Å². The topological polar surface area (TPSA) is 103 Å². The number of nitrogens with zero attached hydrogens (tertiary/aromatic N) is 5. The second-order valence-electron chi connectivity index (χ2n) is 8.14. The zero-order chi connectivity index (χ0) is 23.6. The minimum absolute atomic E-state index is 0.0272. The zero-order valence-corrected chi connectivity index (χ0v) is 21.0. The molecule has 2 N–H and O–H groups in total. The van der Waals surface area contributed by atoms with Gasteiger partial charge in [-0.15, -0.1) is 0 Å². The van der Waals surface area contributed by atoms with E-state index in [9.17, 15) is 9.59 Å². The molecule has 3 heterocycles. The van der Waals surface area contributed by atoms with Crippen LogP contribution in [0.4, 0.5) is 10.6 Å². The fourth-order valence-corrected chi connectivity index (χ4v) is 4.68. The number of aromatic nitrogens is 2. The number of anilines is 1. The summed E-state index contributed by atoms with van der Waals surface area (Å²) < 4.78 is 5.33. The number of halogens is 1. The third-order valence-electron chi connectivity index (χ3n) is 5.59. The summed E-state index contributed by atoms with van der Waals surface area (Å²) in [5.41, 5.74) is 0. The van der Waals surface area contributed by atoms with Gasteiger partial charge in [0, 0.05) is 64.5 Å². The summed E-state index contributed by atoms with van der Waals surface area (Å²) in [7, 11) is 0. The van der Waals surface area contributed by atoms with Gasteiger partial charge in [0.05, 0.1) is 19.0 Å². The molecule has 2 saturated heterocycles. The maximum atomic E-state index is 12.3. The minimum Gasteiger partial charge on any atom is -0.379 e. The Morgan fingerprint density at radius 2 is 1.97 bits per heavy atom. The highest BCUT2D eigenvalue weighted by molar-refractivity contribution is 7.99. The molecule has 0 radical (unpaired) electrons. The standard InChI is InChI=1S/C21H34ClN7O3S/c1-3-4-24-21(31)29-8-7-28(14-16(29)2)18-13-17(22)25-20(26-18)33-15-19(30)23-5-6-27-9-11-32-12-10-27/h13,16H,3-12,14-15H2,1-2H3,(H,23,30)(H,24,31). The van der Waals surface area contributed by atoms with Crippen LogP contribution in [0.25, 0.3) is 0 Å². The van der Waals surface area contributed by atoms with Crippen LogP contribution in [0.5, 0.6) is 0 Å². The van der Waals surface area contributed by atoms with Gasteiger partial charge in [0.25, 0.3) is 0 Å². The van der Waals surface area contributed by atoms with Crippen molar-refractivity contribution >= 4 is 41.1 Å². The van der Waals surface area contributed by atoms with Gasteiger partial charge >= 0.3 is 6.03 Å². The molecule has 0 aromatic carbocycles. The Balaban J connectivity index is 1.47. The SMILES string of the molecule is CCCNC(=O)N1CCN(c2cc(Cl)nc(SCC(=O)NCCN3CCOCC3)n2)CC1C. The van der Waals surface area contributed by atoms with Crippen molar-refractivity contribution < 1.29 is 14.3 Å². The molecule has 33 heavy (non-hydrogen) atoms. The van der Waals surface area contributed by atoms with E-state index >= 15 is 0 Å². The summed E-state index contributed by atoms with van der Waals surface area (Å²) >= 11 is 7.51. The number of urea groups is 1. The third kappa shape index (κ3) is 8.16. The summed E-state index contributed by atoms with van der Waals surface area (Å²) in [4.78, 5) is 39.7. The normalized spacial score (nSPS) is 19.4. The van der Waals surface area contributed by atoms with Gasteiger partial charge < -0.3 is 25.2 Å². The van der Waals surface area contributed by atoms with E-state index in [1.54, 1.807) is 6.07 Å². The monoisotopic (exact) mass is 499 g/mol. The molecule has 184 valence electrons. The minimum atomic E-state index is -0.0567. The van der Waals surface area contributed by atoms with E-state index in [4.69, 9.17) is 16.3 Å². The number of hydrogen-bond donors (Lipinski definition) is 2. The van der Waals surface area contributed by atoms with E-state index in [2.05, 4.69) is 30.4 Å². The number of amides is 3. The molecule has 2 fully saturated rings. The van der Waals surface area contributed by atoms with Gasteiger partial charge in [0.15, 0.2) is 5.16 Å². The third-order valence-corrected chi connectivity index (χ3v) is 6.63. The molecule has 0 bridgehead atoms. The number of thioether (sulfide) groups is 1. The van der Waals surface area contributed by atoms with Crippen molar-refractivity contribution in [3.8, 4) is 0 Å². The summed E-state index contributed by atoms with van der Waals surface area (Å²) in [6.07, 6.45) is 0.909. The fourth-order valence-electron chi connectivity index (χ4n) is 3.77. The van der Waals surface area contributed by atoms with E-state index in [1.807, 2.05) is 18.7 Å². The van der Waals surface area contributed by atoms with E-state index in [1.165, 1.54) is 11.8 Å². The zero-order valence-electron chi connectivity index (χ0n) is 19.4. The van der Waals surface area contributed by atoms with Crippen LogP contribution in [0, 0.1) is 0 Å². The van der Waals surface area contributed by atoms with Crippen LogP contribution >= 0.6 is 23.4 Å². The Kier molecular flexibility index (Phi) is 10.3. The molecule has 0 saturated carbocycles. The predicted molar refractivity (Wildman–Crippen MR) is 130 cm³/mol. The Labute approximate surface area is 204 Å². The van der Waals surface area contributed by atoms with Crippen LogP contribution in [0.2, 0.25) is 5.15 Å². The summed E-state index contributed by atoms with van der Waals surface area (Å²) in [5, 5.41) is 6.69. The van der Waals surface area contributed by atoms with Crippen molar-refractivity contribution in [2.75, 3.05) is 76.2 Å². The first-order valence-corrected chi connectivity index (χ1v) is 12.9. The first kappa shape index (κ1) is 25.8. The van der Waals surface area contributed by atoms with Crippen LogP contribution in [-0.2, 0) is 9.53 Å². The number of carbonyl (C=O) groups is 2. The molecule has 10 nitrogen and oxygen atoms in total. The summed E-state index contributed by atoms with van der Waals surface area (Å²) in [6.45, 7) is 11.4. The lowest BCUT2D eigenvalue weighted by atomic mass is 10.2. The smallest absolute Gasteiger partial charge is 0.317 e. The largest absolute Gasteiger partial charge is 0.379 e. The molecule has 0 aliphatic carbocycles. The molecule has 1 atom stereocenters. The van der Waals surface area contributed by atoms with Gasteiger partial charge in [-0.05, 0) is 13.3 Å². The number of carbonyl (C=O) groups excluding carboxylic acids is 2. The van der Waals surface area contributed by atoms with Gasteiger partial charge in [0.1, 0.15) is 11.0 Å². The Morgan fingerprint density at radius 3 is 2.70 bits per heavy atom. The lowest BCUT2D eigenvalue weighted by molar-refractivity contribution is -0.118. The second kappa shape index (κ2) is 13.2. The molecule has 3 rings (SSSR count). The van der Waals surface area contributed by atoms with E-state index in [-0.39, 0.29) is 23.7 Å². The molecule has 0 spiro atoms. The average molecular weight is 500 g/mol. The first-order valence-electron chi connectivity index (χ1n) is 11.5. The first-order chi connectivity index (χ1) is 16.0. The predicted octanol–water partition coefficient (Wildman–Crippen LogP) is 1.30. The number of ether oxygens (including phenoxy) is 1. The number of morpholine rings is 1. The van der Waals surface area contributed by atoms with E-state index in [0.717, 1.165) is 39.3 Å². The molecule has 1 unspecified atom stereocenters. The van der Waals surface area contributed by atoms with E-state index in [0.29, 0.717) is 48.9 Å². The lowest BCUT2D eigenvalue weighted by Crippen LogP contribution is -2.56. The number of nitrogens with one attached hydrogen (secondary N) is 2. The Bertz CT molecular complexity index is 797. The highest BCUT2D eigenvalue weighted by atomic mass is 35.5. The quantitative estimate of drug-likeness (QED) is 0.298. The van der Waals surface area contributed by atoms with Crippen LogP contribution in [0.3, 0.4) is 0 Å². The van der Waals surface area contributed by atoms with Crippen LogP contribution in [0.1, 0.15) is 20.3 Å². The number of piperazine rings is 1. The second-order valence-corrected chi connectivity index (χ2v) is 9.47. The molecule has 1 aromatic rings. The molecule has 12 heteroatoms. The van der Waals surface area contributed by atoms with Crippen molar-refractivity contribution in [1.82, 2.24) is 30.4 Å². The van der Waals surface area contributed by atoms with Crippen LogP contribution < -0.4 is 15.5 Å². The van der Waals surface area contributed by atoms with Crippen molar-refractivity contribution in [2.45, 2.75) is 31.5 Å². The summed E-state index contributed by atoms with van der Waals surface area (Å²) in [5.74, 6) is 0.884. The molecule has 2 aliphatic rings. The van der Waals surface area contributed by atoms with Gasteiger partial charge in [-0.2, -0.15) is 0 Å². The van der Waals surface area contributed by atoms with Crippen molar-refractivity contribution in [1.29, 1.82) is 0 Å². The molecule has 3 amide bonds. The van der Waals surface area contributed by atoms with Crippen LogP contribution in [-0.4, -0.2) is 109 Å². The molecular formula is C21H34ClN7O3S. The van der Waals surface area contributed by atoms with Gasteiger partial charge in [-0.1, -0.05) is 30.3 Å². The van der Waals surface area contributed by atoms with Gasteiger partial charge in [-0.3, -0.25) is 9.69 Å².